The molecule has 22 heavy (non-hydrogen) atoms. The molecular formula is C16H15Cl2NO2S. The molecule has 1 fully saturated rings. The van der Waals surface area contributed by atoms with E-state index in [1.807, 2.05) is 33.9 Å². The van der Waals surface area contributed by atoms with Crippen molar-refractivity contribution in [2.45, 2.75) is 24.9 Å². The van der Waals surface area contributed by atoms with E-state index in [4.69, 9.17) is 23.2 Å². The number of carboxylic acids is 1. The van der Waals surface area contributed by atoms with Crippen LogP contribution < -0.4 is 0 Å². The van der Waals surface area contributed by atoms with Crippen molar-refractivity contribution in [1.29, 1.82) is 0 Å². The van der Waals surface area contributed by atoms with Gasteiger partial charge in [0.2, 0.25) is 0 Å². The zero-order valence-electron chi connectivity index (χ0n) is 11.7. The fraction of sp³-hybridized carbons (Fsp3) is 0.312. The molecule has 0 aliphatic carbocycles. The van der Waals surface area contributed by atoms with Gasteiger partial charge in [-0.1, -0.05) is 35.3 Å². The molecule has 116 valence electrons. The first-order chi connectivity index (χ1) is 10.6. The Bertz CT molecular complexity index is 675. The number of nitrogens with zero attached hydrogens (tertiary/aromatic N) is 1. The zero-order chi connectivity index (χ0) is 15.7. The van der Waals surface area contributed by atoms with Crippen molar-refractivity contribution in [1.82, 2.24) is 4.90 Å². The molecule has 2 unspecified atom stereocenters. The largest absolute Gasteiger partial charge is 0.480 e. The van der Waals surface area contributed by atoms with E-state index >= 15 is 0 Å². The van der Waals surface area contributed by atoms with Crippen molar-refractivity contribution in [2.75, 3.05) is 6.54 Å². The Kier molecular flexibility index (Phi) is 4.73. The van der Waals surface area contributed by atoms with Gasteiger partial charge in [0, 0.05) is 6.54 Å². The number of hydrogen-bond acceptors (Lipinski definition) is 3. The van der Waals surface area contributed by atoms with E-state index in [0.717, 1.165) is 24.1 Å². The topological polar surface area (TPSA) is 40.5 Å². The maximum Gasteiger partial charge on any atom is 0.320 e. The van der Waals surface area contributed by atoms with Gasteiger partial charge in [-0.3, -0.25) is 9.69 Å². The quantitative estimate of drug-likeness (QED) is 0.864. The minimum Gasteiger partial charge on any atom is -0.480 e. The van der Waals surface area contributed by atoms with Gasteiger partial charge in [-0.15, -0.1) is 0 Å². The van der Waals surface area contributed by atoms with Crippen LogP contribution in [-0.2, 0) is 4.79 Å². The molecule has 2 aromatic rings. The number of likely N-dealkylation sites (tertiary alicyclic amines) is 1. The number of thiophene rings is 1. The van der Waals surface area contributed by atoms with Gasteiger partial charge in [-0.25, -0.2) is 0 Å². The first kappa shape index (κ1) is 15.8. The molecule has 1 aliphatic heterocycles. The van der Waals surface area contributed by atoms with E-state index in [-0.39, 0.29) is 6.04 Å². The summed E-state index contributed by atoms with van der Waals surface area (Å²) in [5.41, 5.74) is 1.92. The van der Waals surface area contributed by atoms with Gasteiger partial charge >= 0.3 is 5.97 Å². The van der Waals surface area contributed by atoms with Gasteiger partial charge in [0.15, 0.2) is 0 Å². The number of aliphatic carboxylic acids is 1. The van der Waals surface area contributed by atoms with Gasteiger partial charge in [0.25, 0.3) is 0 Å². The summed E-state index contributed by atoms with van der Waals surface area (Å²) >= 11 is 14.2. The summed E-state index contributed by atoms with van der Waals surface area (Å²) in [4.78, 5) is 13.6. The Morgan fingerprint density at radius 3 is 2.86 bits per heavy atom. The van der Waals surface area contributed by atoms with Crippen molar-refractivity contribution in [2.24, 2.45) is 0 Å². The van der Waals surface area contributed by atoms with Crippen LogP contribution in [0, 0.1) is 0 Å². The number of carbonyl (C=O) groups is 1. The second-order valence-electron chi connectivity index (χ2n) is 5.34. The highest BCUT2D eigenvalue weighted by molar-refractivity contribution is 7.08. The maximum absolute atomic E-state index is 11.6. The number of halogens is 2. The van der Waals surface area contributed by atoms with Crippen LogP contribution in [0.1, 0.15) is 30.0 Å². The molecule has 1 aromatic carbocycles. The van der Waals surface area contributed by atoms with E-state index < -0.39 is 12.0 Å². The third-order valence-corrected chi connectivity index (χ3v) is 5.58. The lowest BCUT2D eigenvalue weighted by Crippen LogP contribution is -2.39. The molecule has 3 nitrogen and oxygen atoms in total. The standard InChI is InChI=1S/C16H15Cl2NO2S/c17-12-4-1-3-11(14(12)18)15(10-6-8-22-9-10)19-7-2-5-13(19)16(20)21/h1,3-4,6,8-9,13,15H,2,5,7H2,(H,20,21). The molecule has 0 saturated carbocycles. The van der Waals surface area contributed by atoms with Gasteiger partial charge in [-0.05, 0) is 46.9 Å². The summed E-state index contributed by atoms with van der Waals surface area (Å²) in [6.45, 7) is 0.736. The number of rotatable bonds is 4. The molecule has 0 radical (unpaired) electrons. The van der Waals surface area contributed by atoms with Crippen molar-refractivity contribution in [3.8, 4) is 0 Å². The highest BCUT2D eigenvalue weighted by Gasteiger charge is 2.37. The molecule has 1 N–H and O–H groups in total. The zero-order valence-corrected chi connectivity index (χ0v) is 14.0. The van der Waals surface area contributed by atoms with E-state index in [9.17, 15) is 9.90 Å². The summed E-state index contributed by atoms with van der Waals surface area (Å²) in [6.07, 6.45) is 1.53. The van der Waals surface area contributed by atoms with Gasteiger partial charge in [-0.2, -0.15) is 11.3 Å². The molecule has 0 spiro atoms. The van der Waals surface area contributed by atoms with E-state index in [2.05, 4.69) is 0 Å². The molecule has 0 bridgehead atoms. The molecule has 1 aromatic heterocycles. The first-order valence-electron chi connectivity index (χ1n) is 7.04. The van der Waals surface area contributed by atoms with Crippen LogP contribution in [0.2, 0.25) is 10.0 Å². The molecule has 6 heteroatoms. The molecular weight excluding hydrogens is 341 g/mol. The lowest BCUT2D eigenvalue weighted by molar-refractivity contribution is -0.142. The van der Waals surface area contributed by atoms with Gasteiger partial charge < -0.3 is 5.11 Å². The van der Waals surface area contributed by atoms with Crippen LogP contribution in [0.3, 0.4) is 0 Å². The van der Waals surface area contributed by atoms with Crippen LogP contribution >= 0.6 is 34.5 Å². The molecule has 0 amide bonds. The molecule has 2 atom stereocenters. The fourth-order valence-electron chi connectivity index (χ4n) is 3.08. The Hall–Kier alpha value is -1.07. The number of benzene rings is 1. The summed E-state index contributed by atoms with van der Waals surface area (Å²) < 4.78 is 0. The fourth-order valence-corrected chi connectivity index (χ4v) is 4.17. The third-order valence-electron chi connectivity index (χ3n) is 4.05. The first-order valence-corrected chi connectivity index (χ1v) is 8.74. The van der Waals surface area contributed by atoms with Crippen molar-refractivity contribution < 1.29 is 9.90 Å². The van der Waals surface area contributed by atoms with Crippen molar-refractivity contribution in [3.63, 3.8) is 0 Å². The Morgan fingerprint density at radius 2 is 2.18 bits per heavy atom. The average molecular weight is 356 g/mol. The van der Waals surface area contributed by atoms with E-state index in [0.29, 0.717) is 16.5 Å². The van der Waals surface area contributed by atoms with E-state index in [1.54, 1.807) is 17.4 Å². The molecule has 1 aliphatic rings. The normalized spacial score (nSPS) is 20.2. The van der Waals surface area contributed by atoms with Crippen LogP contribution in [0.4, 0.5) is 0 Å². The Balaban J connectivity index is 2.09. The molecule has 1 saturated heterocycles. The van der Waals surface area contributed by atoms with Crippen LogP contribution in [-0.4, -0.2) is 28.6 Å². The highest BCUT2D eigenvalue weighted by Crippen LogP contribution is 2.40. The predicted octanol–water partition coefficient (Wildman–Crippen LogP) is 4.69. The Morgan fingerprint density at radius 1 is 1.36 bits per heavy atom. The Labute approximate surface area is 143 Å². The molecule has 2 heterocycles. The summed E-state index contributed by atoms with van der Waals surface area (Å²) in [5.74, 6) is -0.782. The minimum atomic E-state index is -0.782. The van der Waals surface area contributed by atoms with Crippen molar-refractivity contribution in [3.05, 3.63) is 56.2 Å². The lowest BCUT2D eigenvalue weighted by Gasteiger charge is -2.32. The van der Waals surface area contributed by atoms with E-state index in [1.165, 1.54) is 0 Å². The van der Waals surface area contributed by atoms with Crippen LogP contribution in [0.15, 0.2) is 35.0 Å². The van der Waals surface area contributed by atoms with Gasteiger partial charge in [0.05, 0.1) is 16.1 Å². The second kappa shape index (κ2) is 6.59. The number of carboxylic acid groups (broad SMARTS) is 1. The van der Waals surface area contributed by atoms with Crippen LogP contribution in [0.5, 0.6) is 0 Å². The third kappa shape index (κ3) is 2.88. The number of hydrogen-bond donors (Lipinski definition) is 1. The monoisotopic (exact) mass is 355 g/mol. The summed E-state index contributed by atoms with van der Waals surface area (Å²) in [6, 6.07) is 6.88. The maximum atomic E-state index is 11.6. The average Bonchev–Trinajstić information content (AvgIpc) is 3.15. The lowest BCUT2D eigenvalue weighted by atomic mass is 9.98. The second-order valence-corrected chi connectivity index (χ2v) is 6.90. The SMILES string of the molecule is O=C(O)C1CCCN1C(c1ccsc1)c1cccc(Cl)c1Cl. The minimum absolute atomic E-state index is 0.180. The van der Waals surface area contributed by atoms with Crippen molar-refractivity contribution >= 4 is 40.5 Å². The van der Waals surface area contributed by atoms with Gasteiger partial charge in [0.1, 0.15) is 6.04 Å². The predicted molar refractivity (Wildman–Crippen MR) is 90.0 cm³/mol. The smallest absolute Gasteiger partial charge is 0.320 e. The van der Waals surface area contributed by atoms with Crippen LogP contribution in [0.25, 0.3) is 0 Å². The summed E-state index contributed by atoms with van der Waals surface area (Å²) in [5, 5.41) is 14.5. The molecule has 3 rings (SSSR count). The highest BCUT2D eigenvalue weighted by atomic mass is 35.5. The summed E-state index contributed by atoms with van der Waals surface area (Å²) in [7, 11) is 0.